The predicted octanol–water partition coefficient (Wildman–Crippen LogP) is 6.13. The Labute approximate surface area is 125 Å². The van der Waals surface area contributed by atoms with Crippen LogP contribution in [0.3, 0.4) is 0 Å². The van der Waals surface area contributed by atoms with Gasteiger partial charge in [-0.15, -0.1) is 0 Å². The second-order valence-electron chi connectivity index (χ2n) is 6.07. The van der Waals surface area contributed by atoms with E-state index in [1.807, 2.05) is 11.8 Å². The fraction of sp³-hybridized carbons (Fsp3) is 0.875. The molecule has 2 atom stereocenters. The van der Waals surface area contributed by atoms with Crippen LogP contribution in [0.4, 0.5) is 0 Å². The molecule has 3 heteroatoms. The van der Waals surface area contributed by atoms with Crippen molar-refractivity contribution in [2.75, 3.05) is 0 Å². The van der Waals surface area contributed by atoms with Crippen LogP contribution in [0.25, 0.3) is 0 Å². The largest absolute Gasteiger partial charge is 0.556 e. The maximum absolute atomic E-state index is 6.37. The van der Waals surface area contributed by atoms with E-state index in [0.29, 0.717) is 23.3 Å². The number of thioether (sulfide) groups is 1. The standard InChI is InChI=1S/C16H31BOS/c1-7-15(19-16(8-2,9-3)10-4)18-17-13(5)11-12-14(17)6/h7,13-14H,8-12H2,1-6H3/b15-7-/t13-,14+. The van der Waals surface area contributed by atoms with Crippen molar-refractivity contribution in [3.05, 3.63) is 11.2 Å². The van der Waals surface area contributed by atoms with Gasteiger partial charge in [-0.1, -0.05) is 59.2 Å². The monoisotopic (exact) mass is 282 g/mol. The van der Waals surface area contributed by atoms with Gasteiger partial charge in [0.15, 0.2) is 0 Å². The lowest BCUT2D eigenvalue weighted by Gasteiger charge is -2.32. The van der Waals surface area contributed by atoms with Gasteiger partial charge >= 0.3 is 6.92 Å². The van der Waals surface area contributed by atoms with E-state index in [-0.39, 0.29) is 0 Å². The van der Waals surface area contributed by atoms with Crippen molar-refractivity contribution >= 4 is 18.7 Å². The van der Waals surface area contributed by atoms with Gasteiger partial charge in [-0.2, -0.15) is 0 Å². The van der Waals surface area contributed by atoms with E-state index in [2.05, 4.69) is 47.6 Å². The zero-order valence-electron chi connectivity index (χ0n) is 13.7. The Kier molecular flexibility index (Phi) is 6.86. The summed E-state index contributed by atoms with van der Waals surface area (Å²) >= 11 is 1.97. The topological polar surface area (TPSA) is 9.23 Å². The highest BCUT2D eigenvalue weighted by molar-refractivity contribution is 8.04. The molecular weight excluding hydrogens is 251 g/mol. The van der Waals surface area contributed by atoms with Crippen molar-refractivity contribution in [3.63, 3.8) is 0 Å². The first-order chi connectivity index (χ1) is 9.01. The third-order valence-electron chi connectivity index (χ3n) is 4.94. The van der Waals surface area contributed by atoms with E-state index in [1.165, 1.54) is 32.1 Å². The molecule has 0 aromatic heterocycles. The van der Waals surface area contributed by atoms with E-state index in [4.69, 9.17) is 4.65 Å². The Morgan fingerprint density at radius 1 is 1.16 bits per heavy atom. The van der Waals surface area contributed by atoms with Gasteiger partial charge in [0.1, 0.15) is 5.09 Å². The molecule has 1 nitrogen and oxygen atoms in total. The molecule has 0 N–H and O–H groups in total. The van der Waals surface area contributed by atoms with Crippen LogP contribution in [0.2, 0.25) is 11.6 Å². The Morgan fingerprint density at radius 2 is 1.63 bits per heavy atom. The summed E-state index contributed by atoms with van der Waals surface area (Å²) in [5.41, 5.74) is 0. The van der Waals surface area contributed by atoms with Crippen LogP contribution in [-0.2, 0) is 4.65 Å². The molecule has 0 amide bonds. The summed E-state index contributed by atoms with van der Waals surface area (Å²) in [5, 5.41) is 1.15. The SMILES string of the molecule is C/C=C(/OB1[C@H](C)CC[C@@H]1C)SC(CC)(CC)CC. The Hall–Kier alpha value is -0.0451. The molecule has 1 aliphatic rings. The number of allylic oxidation sites excluding steroid dienone is 1. The fourth-order valence-corrected chi connectivity index (χ4v) is 4.25. The van der Waals surface area contributed by atoms with Crippen molar-refractivity contribution in [1.82, 2.24) is 0 Å². The predicted molar refractivity (Wildman–Crippen MR) is 89.9 cm³/mol. The zero-order valence-corrected chi connectivity index (χ0v) is 14.5. The van der Waals surface area contributed by atoms with Crippen LogP contribution in [0.5, 0.6) is 0 Å². The van der Waals surface area contributed by atoms with E-state index >= 15 is 0 Å². The summed E-state index contributed by atoms with van der Waals surface area (Å²) < 4.78 is 6.72. The van der Waals surface area contributed by atoms with Gasteiger partial charge in [0.2, 0.25) is 0 Å². The van der Waals surface area contributed by atoms with Gasteiger partial charge in [-0.25, -0.2) is 0 Å². The molecule has 0 unspecified atom stereocenters. The van der Waals surface area contributed by atoms with E-state index in [0.717, 1.165) is 5.09 Å². The van der Waals surface area contributed by atoms with Crippen LogP contribution in [-0.4, -0.2) is 11.7 Å². The second kappa shape index (κ2) is 7.66. The van der Waals surface area contributed by atoms with Crippen LogP contribution in [0.15, 0.2) is 11.2 Å². The van der Waals surface area contributed by atoms with Crippen molar-refractivity contribution in [1.29, 1.82) is 0 Å². The van der Waals surface area contributed by atoms with Crippen molar-refractivity contribution in [2.45, 2.75) is 90.0 Å². The molecule has 1 fully saturated rings. The smallest absolute Gasteiger partial charge is 0.364 e. The summed E-state index contributed by atoms with van der Waals surface area (Å²) in [7, 11) is 0. The lowest BCUT2D eigenvalue weighted by Crippen LogP contribution is -2.25. The molecule has 1 saturated heterocycles. The molecule has 19 heavy (non-hydrogen) atoms. The number of rotatable bonds is 7. The molecule has 0 aromatic rings. The lowest BCUT2D eigenvalue weighted by atomic mass is 9.53. The van der Waals surface area contributed by atoms with Crippen LogP contribution in [0, 0.1) is 0 Å². The summed E-state index contributed by atoms with van der Waals surface area (Å²) in [6.45, 7) is 14.1. The normalized spacial score (nSPS) is 24.9. The third-order valence-corrected chi connectivity index (χ3v) is 6.77. The zero-order chi connectivity index (χ0) is 14.5. The van der Waals surface area contributed by atoms with Gasteiger partial charge in [0.25, 0.3) is 0 Å². The van der Waals surface area contributed by atoms with Gasteiger partial charge in [-0.05, 0) is 43.9 Å². The first-order valence-electron chi connectivity index (χ1n) is 8.03. The Bertz CT molecular complexity index is 281. The molecule has 0 radical (unpaired) electrons. The molecule has 110 valence electrons. The minimum atomic E-state index is 0.354. The molecular formula is C16H31BOS. The maximum atomic E-state index is 6.37. The minimum absolute atomic E-state index is 0.354. The highest BCUT2D eigenvalue weighted by Crippen LogP contribution is 2.45. The van der Waals surface area contributed by atoms with Gasteiger partial charge in [0.05, 0.1) is 0 Å². The Morgan fingerprint density at radius 3 is 2.00 bits per heavy atom. The molecule has 0 spiro atoms. The van der Waals surface area contributed by atoms with Gasteiger partial charge in [0, 0.05) is 4.75 Å². The highest BCUT2D eigenvalue weighted by Gasteiger charge is 2.39. The molecule has 1 aliphatic heterocycles. The van der Waals surface area contributed by atoms with E-state index in [9.17, 15) is 0 Å². The van der Waals surface area contributed by atoms with Gasteiger partial charge in [-0.3, -0.25) is 0 Å². The van der Waals surface area contributed by atoms with Crippen LogP contribution in [0.1, 0.15) is 73.6 Å². The molecule has 0 bridgehead atoms. The van der Waals surface area contributed by atoms with Gasteiger partial charge < -0.3 is 4.65 Å². The molecule has 0 aromatic carbocycles. The average Bonchev–Trinajstić information content (AvgIpc) is 2.75. The molecule has 0 aliphatic carbocycles. The third kappa shape index (κ3) is 4.21. The average molecular weight is 282 g/mol. The summed E-state index contributed by atoms with van der Waals surface area (Å²) in [5.74, 6) is 1.40. The molecule has 1 rings (SSSR count). The Balaban J connectivity index is 2.69. The number of hydrogen-bond acceptors (Lipinski definition) is 2. The van der Waals surface area contributed by atoms with E-state index in [1.54, 1.807) is 0 Å². The summed E-state index contributed by atoms with van der Waals surface area (Å²) in [6.07, 6.45) is 8.42. The number of hydrogen-bond donors (Lipinski definition) is 0. The van der Waals surface area contributed by atoms with Crippen LogP contribution >= 0.6 is 11.8 Å². The molecule has 0 saturated carbocycles. The first-order valence-corrected chi connectivity index (χ1v) is 8.85. The first kappa shape index (κ1) is 17.0. The quantitative estimate of drug-likeness (QED) is 0.410. The second-order valence-corrected chi connectivity index (χ2v) is 7.54. The molecule has 1 heterocycles. The highest BCUT2D eigenvalue weighted by atomic mass is 32.2. The van der Waals surface area contributed by atoms with Crippen LogP contribution < -0.4 is 0 Å². The van der Waals surface area contributed by atoms with E-state index < -0.39 is 0 Å². The summed E-state index contributed by atoms with van der Waals surface area (Å²) in [4.78, 5) is 0. The van der Waals surface area contributed by atoms with Crippen molar-refractivity contribution < 1.29 is 4.65 Å². The maximum Gasteiger partial charge on any atom is 0.364 e. The lowest BCUT2D eigenvalue weighted by molar-refractivity contribution is 0.451. The summed E-state index contributed by atoms with van der Waals surface area (Å²) in [6, 6.07) is 0. The fourth-order valence-electron chi connectivity index (χ4n) is 3.11. The van der Waals surface area contributed by atoms with Crippen molar-refractivity contribution in [2.24, 2.45) is 0 Å². The van der Waals surface area contributed by atoms with Crippen molar-refractivity contribution in [3.8, 4) is 0 Å². The minimum Gasteiger partial charge on any atom is -0.556 e.